The SMILES string of the molecule is O=C1CC[C@@H](C(=O)Nc2nc(-c3ccccn3)cs2)CN1. The molecule has 2 N–H and O–H groups in total. The first-order valence-corrected chi connectivity index (χ1v) is 7.55. The zero-order valence-corrected chi connectivity index (χ0v) is 12.0. The van der Waals surface area contributed by atoms with E-state index in [-0.39, 0.29) is 17.7 Å². The molecule has 108 valence electrons. The fourth-order valence-corrected chi connectivity index (χ4v) is 2.83. The second-order valence-electron chi connectivity index (χ2n) is 4.78. The van der Waals surface area contributed by atoms with Crippen LogP contribution < -0.4 is 10.6 Å². The van der Waals surface area contributed by atoms with E-state index in [1.54, 1.807) is 6.20 Å². The summed E-state index contributed by atoms with van der Waals surface area (Å²) in [7, 11) is 0. The number of hydrogen-bond donors (Lipinski definition) is 2. The van der Waals surface area contributed by atoms with Crippen LogP contribution >= 0.6 is 11.3 Å². The van der Waals surface area contributed by atoms with Crippen LogP contribution in [0.5, 0.6) is 0 Å². The van der Waals surface area contributed by atoms with Crippen molar-refractivity contribution in [2.75, 3.05) is 11.9 Å². The van der Waals surface area contributed by atoms with E-state index in [0.717, 1.165) is 11.4 Å². The molecule has 0 aliphatic carbocycles. The van der Waals surface area contributed by atoms with Gasteiger partial charge >= 0.3 is 0 Å². The van der Waals surface area contributed by atoms with Crippen LogP contribution in [-0.4, -0.2) is 28.3 Å². The number of carbonyl (C=O) groups excluding carboxylic acids is 2. The average molecular weight is 302 g/mol. The third kappa shape index (κ3) is 3.25. The van der Waals surface area contributed by atoms with Gasteiger partial charge in [0.1, 0.15) is 5.69 Å². The molecule has 0 radical (unpaired) electrons. The van der Waals surface area contributed by atoms with Crippen molar-refractivity contribution in [1.82, 2.24) is 15.3 Å². The number of nitrogens with one attached hydrogen (secondary N) is 2. The molecular weight excluding hydrogens is 288 g/mol. The summed E-state index contributed by atoms with van der Waals surface area (Å²) in [6, 6.07) is 5.61. The van der Waals surface area contributed by atoms with E-state index in [2.05, 4.69) is 20.6 Å². The number of nitrogens with zero attached hydrogens (tertiary/aromatic N) is 2. The van der Waals surface area contributed by atoms with Crippen molar-refractivity contribution in [2.24, 2.45) is 5.92 Å². The van der Waals surface area contributed by atoms with Crippen LogP contribution in [0.25, 0.3) is 11.4 Å². The molecular formula is C14H14N4O2S. The summed E-state index contributed by atoms with van der Waals surface area (Å²) in [5, 5.41) is 7.92. The van der Waals surface area contributed by atoms with E-state index >= 15 is 0 Å². The zero-order valence-electron chi connectivity index (χ0n) is 11.2. The van der Waals surface area contributed by atoms with E-state index < -0.39 is 0 Å². The van der Waals surface area contributed by atoms with Crippen molar-refractivity contribution in [3.05, 3.63) is 29.8 Å². The minimum absolute atomic E-state index is 0.00531. The van der Waals surface area contributed by atoms with Crippen LogP contribution in [0.15, 0.2) is 29.8 Å². The third-order valence-corrected chi connectivity index (χ3v) is 4.06. The Morgan fingerprint density at radius 1 is 1.38 bits per heavy atom. The van der Waals surface area contributed by atoms with Gasteiger partial charge in [-0.3, -0.25) is 14.6 Å². The van der Waals surface area contributed by atoms with Gasteiger partial charge in [-0.1, -0.05) is 6.07 Å². The van der Waals surface area contributed by atoms with Crippen molar-refractivity contribution in [3.8, 4) is 11.4 Å². The molecule has 1 aliphatic rings. The quantitative estimate of drug-likeness (QED) is 0.903. The van der Waals surface area contributed by atoms with E-state index in [1.807, 2.05) is 23.6 Å². The number of carbonyl (C=O) groups is 2. The molecule has 21 heavy (non-hydrogen) atoms. The highest BCUT2D eigenvalue weighted by Crippen LogP contribution is 2.24. The van der Waals surface area contributed by atoms with Crippen LogP contribution in [0.2, 0.25) is 0 Å². The van der Waals surface area contributed by atoms with Crippen LogP contribution in [0.4, 0.5) is 5.13 Å². The molecule has 1 saturated heterocycles. The van der Waals surface area contributed by atoms with E-state index in [0.29, 0.717) is 24.5 Å². The van der Waals surface area contributed by atoms with Gasteiger partial charge in [-0.2, -0.15) is 0 Å². The Bertz CT molecular complexity index is 646. The lowest BCUT2D eigenvalue weighted by molar-refractivity contribution is -0.126. The van der Waals surface area contributed by atoms with Gasteiger partial charge in [-0.25, -0.2) is 4.98 Å². The molecule has 6 nitrogen and oxygen atoms in total. The predicted octanol–water partition coefficient (Wildman–Crippen LogP) is 1.67. The van der Waals surface area contributed by atoms with Gasteiger partial charge in [0, 0.05) is 24.5 Å². The highest BCUT2D eigenvalue weighted by molar-refractivity contribution is 7.14. The number of anilines is 1. The number of hydrogen-bond acceptors (Lipinski definition) is 5. The second kappa shape index (κ2) is 6.01. The Balaban J connectivity index is 1.65. The van der Waals surface area contributed by atoms with Gasteiger partial charge in [-0.05, 0) is 18.6 Å². The molecule has 0 aromatic carbocycles. The fourth-order valence-electron chi connectivity index (χ4n) is 2.13. The maximum absolute atomic E-state index is 12.1. The molecule has 1 atom stereocenters. The van der Waals surface area contributed by atoms with Crippen LogP contribution in [0, 0.1) is 5.92 Å². The third-order valence-electron chi connectivity index (χ3n) is 3.30. The molecule has 0 saturated carbocycles. The molecule has 2 amide bonds. The van der Waals surface area contributed by atoms with Crippen LogP contribution in [0.1, 0.15) is 12.8 Å². The molecule has 3 heterocycles. The van der Waals surface area contributed by atoms with Crippen LogP contribution in [-0.2, 0) is 9.59 Å². The summed E-state index contributed by atoms with van der Waals surface area (Å²) in [4.78, 5) is 31.8. The first kappa shape index (κ1) is 13.7. The van der Waals surface area contributed by atoms with Crippen molar-refractivity contribution in [3.63, 3.8) is 0 Å². The average Bonchev–Trinajstić information content (AvgIpc) is 2.97. The second-order valence-corrected chi connectivity index (χ2v) is 5.64. The number of aromatic nitrogens is 2. The monoisotopic (exact) mass is 302 g/mol. The maximum Gasteiger partial charge on any atom is 0.231 e. The summed E-state index contributed by atoms with van der Waals surface area (Å²) >= 11 is 1.37. The zero-order chi connectivity index (χ0) is 14.7. The number of thiazole rings is 1. The lowest BCUT2D eigenvalue weighted by Gasteiger charge is -2.20. The topological polar surface area (TPSA) is 84.0 Å². The normalized spacial score (nSPS) is 18.1. The van der Waals surface area contributed by atoms with E-state index in [1.165, 1.54) is 11.3 Å². The van der Waals surface area contributed by atoms with Gasteiger partial charge in [-0.15, -0.1) is 11.3 Å². The molecule has 1 aliphatic heterocycles. The first-order chi connectivity index (χ1) is 10.2. The van der Waals surface area contributed by atoms with Gasteiger partial charge < -0.3 is 10.6 Å². The molecule has 2 aromatic rings. The molecule has 0 spiro atoms. The van der Waals surface area contributed by atoms with E-state index in [4.69, 9.17) is 0 Å². The standard InChI is InChI=1S/C14H14N4O2S/c19-12-5-4-9(7-16-12)13(20)18-14-17-11(8-21-14)10-3-1-2-6-15-10/h1-3,6,8-9H,4-5,7H2,(H,16,19)(H,17,18,20)/t9-/m1/s1. The van der Waals surface area contributed by atoms with Gasteiger partial charge in [0.2, 0.25) is 11.8 Å². The Morgan fingerprint density at radius 2 is 2.29 bits per heavy atom. The molecule has 1 fully saturated rings. The van der Waals surface area contributed by atoms with Gasteiger partial charge in [0.25, 0.3) is 0 Å². The molecule has 7 heteroatoms. The summed E-state index contributed by atoms with van der Waals surface area (Å²) < 4.78 is 0. The van der Waals surface area contributed by atoms with Gasteiger partial charge in [0.15, 0.2) is 5.13 Å². The smallest absolute Gasteiger partial charge is 0.231 e. The minimum Gasteiger partial charge on any atom is -0.355 e. The highest BCUT2D eigenvalue weighted by atomic mass is 32.1. The molecule has 0 bridgehead atoms. The first-order valence-electron chi connectivity index (χ1n) is 6.67. The lowest BCUT2D eigenvalue weighted by atomic mass is 9.98. The minimum atomic E-state index is -0.190. The maximum atomic E-state index is 12.1. The summed E-state index contributed by atoms with van der Waals surface area (Å²) in [5.74, 6) is -0.285. The Hall–Kier alpha value is -2.28. The molecule has 0 unspecified atom stereocenters. The van der Waals surface area contributed by atoms with Crippen molar-refractivity contribution >= 4 is 28.3 Å². The summed E-state index contributed by atoms with van der Waals surface area (Å²) in [5.41, 5.74) is 1.52. The lowest BCUT2D eigenvalue weighted by Crippen LogP contribution is -2.40. The molecule has 2 aromatic heterocycles. The number of piperidine rings is 1. The fraction of sp³-hybridized carbons (Fsp3) is 0.286. The van der Waals surface area contributed by atoms with Crippen molar-refractivity contribution in [1.29, 1.82) is 0 Å². The highest BCUT2D eigenvalue weighted by Gasteiger charge is 2.25. The Labute approximate surface area is 125 Å². The Kier molecular flexibility index (Phi) is 3.92. The van der Waals surface area contributed by atoms with Crippen molar-refractivity contribution in [2.45, 2.75) is 12.8 Å². The van der Waals surface area contributed by atoms with Crippen molar-refractivity contribution < 1.29 is 9.59 Å². The van der Waals surface area contributed by atoms with Crippen LogP contribution in [0.3, 0.4) is 0 Å². The van der Waals surface area contributed by atoms with E-state index in [9.17, 15) is 9.59 Å². The summed E-state index contributed by atoms with van der Waals surface area (Å²) in [6.45, 7) is 0.392. The number of rotatable bonds is 3. The predicted molar refractivity (Wildman–Crippen MR) is 79.7 cm³/mol. The largest absolute Gasteiger partial charge is 0.355 e. The van der Waals surface area contributed by atoms with Gasteiger partial charge in [0.05, 0.1) is 11.6 Å². The molecule has 3 rings (SSSR count). The number of pyridine rings is 1. The Morgan fingerprint density at radius 3 is 3.00 bits per heavy atom. The number of amides is 2. The summed E-state index contributed by atoms with van der Waals surface area (Å²) in [6.07, 6.45) is 2.68.